The van der Waals surface area contributed by atoms with Crippen LogP contribution in [0.25, 0.3) is 0 Å². The van der Waals surface area contributed by atoms with Gasteiger partial charge in [-0.1, -0.05) is 12.8 Å². The number of hydrogen-bond acceptors (Lipinski definition) is 2. The molecule has 4 heteroatoms. The van der Waals surface area contributed by atoms with Crippen molar-refractivity contribution in [3.8, 4) is 0 Å². The Morgan fingerprint density at radius 2 is 2.12 bits per heavy atom. The van der Waals surface area contributed by atoms with E-state index < -0.39 is 0 Å². The lowest BCUT2D eigenvalue weighted by Gasteiger charge is -2.22. The molecular formula is C12H20ClNOS. The Bertz CT molecular complexity index is 243. The van der Waals surface area contributed by atoms with Gasteiger partial charge in [0, 0.05) is 11.9 Å². The summed E-state index contributed by atoms with van der Waals surface area (Å²) in [5.41, 5.74) is 0. The molecule has 0 spiro atoms. The fourth-order valence-electron chi connectivity index (χ4n) is 2.51. The van der Waals surface area contributed by atoms with Crippen LogP contribution in [-0.2, 0) is 4.79 Å². The number of halogens is 1. The van der Waals surface area contributed by atoms with Crippen molar-refractivity contribution >= 4 is 29.3 Å². The van der Waals surface area contributed by atoms with Crippen LogP contribution in [0.4, 0.5) is 0 Å². The van der Waals surface area contributed by atoms with Crippen LogP contribution >= 0.6 is 23.4 Å². The first-order chi connectivity index (χ1) is 7.77. The molecule has 1 saturated carbocycles. The third-order valence-electron chi connectivity index (χ3n) is 3.58. The zero-order valence-electron chi connectivity index (χ0n) is 9.58. The van der Waals surface area contributed by atoms with Gasteiger partial charge in [0.05, 0.1) is 5.25 Å². The molecule has 2 aliphatic rings. The van der Waals surface area contributed by atoms with E-state index in [0.29, 0.717) is 5.92 Å². The lowest BCUT2D eigenvalue weighted by atomic mass is 10.1. The molecular weight excluding hydrogens is 242 g/mol. The minimum atomic E-state index is 0.198. The van der Waals surface area contributed by atoms with Crippen LogP contribution in [0.2, 0.25) is 0 Å². The quantitative estimate of drug-likeness (QED) is 0.792. The van der Waals surface area contributed by atoms with Gasteiger partial charge in [-0.2, -0.15) is 0 Å². The summed E-state index contributed by atoms with van der Waals surface area (Å²) >= 11 is 8.00. The van der Waals surface area contributed by atoms with E-state index in [9.17, 15) is 4.79 Å². The SMILES string of the molecule is O=C(NCC1CCCC1Cl)C1CCCCS1. The molecule has 0 bridgehead atoms. The molecule has 0 aromatic rings. The van der Waals surface area contributed by atoms with Gasteiger partial charge in [0.25, 0.3) is 0 Å². The number of carbonyl (C=O) groups is 1. The van der Waals surface area contributed by atoms with Gasteiger partial charge in [0.2, 0.25) is 5.91 Å². The van der Waals surface area contributed by atoms with E-state index in [0.717, 1.165) is 25.1 Å². The smallest absolute Gasteiger partial charge is 0.233 e. The molecule has 1 aliphatic heterocycles. The van der Waals surface area contributed by atoms with Crippen molar-refractivity contribution in [1.29, 1.82) is 0 Å². The Morgan fingerprint density at radius 1 is 1.25 bits per heavy atom. The van der Waals surface area contributed by atoms with E-state index in [1.165, 1.54) is 25.7 Å². The first-order valence-electron chi connectivity index (χ1n) is 6.31. The van der Waals surface area contributed by atoms with Crippen molar-refractivity contribution in [3.05, 3.63) is 0 Å². The molecule has 2 nitrogen and oxygen atoms in total. The minimum Gasteiger partial charge on any atom is -0.355 e. The number of thioether (sulfide) groups is 1. The van der Waals surface area contributed by atoms with Gasteiger partial charge < -0.3 is 5.32 Å². The van der Waals surface area contributed by atoms with E-state index in [-0.39, 0.29) is 16.5 Å². The summed E-state index contributed by atoms with van der Waals surface area (Å²) in [5, 5.41) is 3.56. The molecule has 1 aliphatic carbocycles. The molecule has 0 aromatic carbocycles. The van der Waals surface area contributed by atoms with Crippen LogP contribution in [0.3, 0.4) is 0 Å². The maximum absolute atomic E-state index is 11.9. The predicted octanol–water partition coefficient (Wildman–Crippen LogP) is 2.80. The van der Waals surface area contributed by atoms with Crippen LogP contribution in [0.5, 0.6) is 0 Å². The molecule has 3 atom stereocenters. The highest BCUT2D eigenvalue weighted by molar-refractivity contribution is 8.00. The first kappa shape index (κ1) is 12.6. The van der Waals surface area contributed by atoms with Gasteiger partial charge in [0.1, 0.15) is 0 Å². The summed E-state index contributed by atoms with van der Waals surface area (Å²) in [7, 11) is 0. The minimum absolute atomic E-state index is 0.198. The molecule has 0 radical (unpaired) electrons. The van der Waals surface area contributed by atoms with Crippen LogP contribution in [0.15, 0.2) is 0 Å². The summed E-state index contributed by atoms with van der Waals surface area (Å²) in [6.07, 6.45) is 7.01. The lowest BCUT2D eigenvalue weighted by Crippen LogP contribution is -2.38. The maximum atomic E-state index is 11.9. The molecule has 92 valence electrons. The predicted molar refractivity (Wildman–Crippen MR) is 70.1 cm³/mol. The van der Waals surface area contributed by atoms with Crippen LogP contribution in [-0.4, -0.2) is 28.8 Å². The van der Waals surface area contributed by atoms with Gasteiger partial charge in [-0.15, -0.1) is 23.4 Å². The highest BCUT2D eigenvalue weighted by atomic mass is 35.5. The molecule has 1 N–H and O–H groups in total. The van der Waals surface area contributed by atoms with Crippen molar-refractivity contribution in [2.75, 3.05) is 12.3 Å². The standard InChI is InChI=1S/C12H20ClNOS/c13-10-5-3-4-9(10)8-14-12(15)11-6-1-2-7-16-11/h9-11H,1-8H2,(H,14,15). The zero-order chi connectivity index (χ0) is 11.4. The average Bonchev–Trinajstić information content (AvgIpc) is 2.73. The van der Waals surface area contributed by atoms with E-state index in [4.69, 9.17) is 11.6 Å². The van der Waals surface area contributed by atoms with Gasteiger partial charge in [-0.25, -0.2) is 0 Å². The third kappa shape index (κ3) is 3.30. The topological polar surface area (TPSA) is 29.1 Å². The van der Waals surface area contributed by atoms with Gasteiger partial charge in [-0.3, -0.25) is 4.79 Å². The number of rotatable bonds is 3. The van der Waals surface area contributed by atoms with Crippen LogP contribution < -0.4 is 5.32 Å². The summed E-state index contributed by atoms with van der Waals surface area (Å²) in [4.78, 5) is 11.9. The molecule has 2 rings (SSSR count). The van der Waals surface area contributed by atoms with E-state index >= 15 is 0 Å². The second-order valence-electron chi connectivity index (χ2n) is 4.81. The summed E-state index contributed by atoms with van der Waals surface area (Å²) in [6.45, 7) is 0.782. The van der Waals surface area contributed by atoms with E-state index in [1.807, 2.05) is 11.8 Å². The Labute approximate surface area is 107 Å². The normalized spacial score (nSPS) is 34.9. The Balaban J connectivity index is 1.70. The molecule has 2 fully saturated rings. The molecule has 3 unspecified atom stereocenters. The summed E-state index contributed by atoms with van der Waals surface area (Å²) in [6, 6.07) is 0. The third-order valence-corrected chi connectivity index (χ3v) is 5.53. The molecule has 1 heterocycles. The van der Waals surface area contributed by atoms with Crippen molar-refractivity contribution < 1.29 is 4.79 Å². The number of nitrogens with one attached hydrogen (secondary N) is 1. The van der Waals surface area contributed by atoms with E-state index in [2.05, 4.69) is 5.32 Å². The summed E-state index contributed by atoms with van der Waals surface area (Å²) < 4.78 is 0. The van der Waals surface area contributed by atoms with Crippen molar-refractivity contribution in [2.24, 2.45) is 5.92 Å². The number of hydrogen-bond donors (Lipinski definition) is 1. The highest BCUT2D eigenvalue weighted by Crippen LogP contribution is 2.30. The Morgan fingerprint density at radius 3 is 2.75 bits per heavy atom. The summed E-state index contributed by atoms with van der Waals surface area (Å²) in [5.74, 6) is 1.87. The number of amides is 1. The second kappa shape index (κ2) is 6.15. The largest absolute Gasteiger partial charge is 0.355 e. The lowest BCUT2D eigenvalue weighted by molar-refractivity contribution is -0.120. The highest BCUT2D eigenvalue weighted by Gasteiger charge is 2.27. The number of carbonyl (C=O) groups excluding carboxylic acids is 1. The molecule has 1 amide bonds. The number of alkyl halides is 1. The fraction of sp³-hybridized carbons (Fsp3) is 0.917. The second-order valence-corrected chi connectivity index (χ2v) is 6.68. The Kier molecular flexibility index (Phi) is 4.83. The first-order valence-corrected chi connectivity index (χ1v) is 7.79. The maximum Gasteiger partial charge on any atom is 0.233 e. The van der Waals surface area contributed by atoms with Crippen molar-refractivity contribution in [3.63, 3.8) is 0 Å². The molecule has 0 aromatic heterocycles. The average molecular weight is 262 g/mol. The van der Waals surface area contributed by atoms with Crippen LogP contribution in [0, 0.1) is 5.92 Å². The monoisotopic (exact) mass is 261 g/mol. The zero-order valence-corrected chi connectivity index (χ0v) is 11.2. The van der Waals surface area contributed by atoms with E-state index in [1.54, 1.807) is 0 Å². The van der Waals surface area contributed by atoms with Crippen molar-refractivity contribution in [1.82, 2.24) is 5.32 Å². The Hall–Kier alpha value is 0.110. The van der Waals surface area contributed by atoms with Gasteiger partial charge >= 0.3 is 0 Å². The van der Waals surface area contributed by atoms with Crippen molar-refractivity contribution in [2.45, 2.75) is 49.2 Å². The van der Waals surface area contributed by atoms with Gasteiger partial charge in [0.15, 0.2) is 0 Å². The molecule has 16 heavy (non-hydrogen) atoms. The molecule has 1 saturated heterocycles. The van der Waals surface area contributed by atoms with Gasteiger partial charge in [-0.05, 0) is 37.4 Å². The van der Waals surface area contributed by atoms with Crippen LogP contribution in [0.1, 0.15) is 38.5 Å². The fourth-order valence-corrected chi connectivity index (χ4v) is 4.11.